The summed E-state index contributed by atoms with van der Waals surface area (Å²) in [6, 6.07) is 0. The fourth-order valence-corrected chi connectivity index (χ4v) is 0.981. The maximum absolute atomic E-state index is 8.64. The lowest BCUT2D eigenvalue weighted by Gasteiger charge is -2.20. The zero-order valence-electron chi connectivity index (χ0n) is 9.68. The average Bonchev–Trinajstić information content (AvgIpc) is 2.29. The summed E-state index contributed by atoms with van der Waals surface area (Å²) in [4.78, 5) is 10.5. The quantitative estimate of drug-likeness (QED) is 0.319. The lowest BCUT2D eigenvalue weighted by molar-refractivity contribution is -0.369. The summed E-state index contributed by atoms with van der Waals surface area (Å²) in [5.74, 6) is 0. The van der Waals surface area contributed by atoms with Crippen molar-refractivity contribution < 1.29 is 25.0 Å². The summed E-state index contributed by atoms with van der Waals surface area (Å²) in [5, 5.41) is 27.2. The third-order valence-electron chi connectivity index (χ3n) is 1.82. The van der Waals surface area contributed by atoms with Crippen LogP contribution in [0.3, 0.4) is 0 Å². The molecule has 0 aromatic rings. The summed E-state index contributed by atoms with van der Waals surface area (Å²) < 4.78 is 0. The van der Waals surface area contributed by atoms with Crippen LogP contribution in [0.5, 0.6) is 0 Å². The summed E-state index contributed by atoms with van der Waals surface area (Å²) in [7, 11) is 0. The van der Waals surface area contributed by atoms with Gasteiger partial charge in [-0.3, -0.25) is 9.68 Å². The number of hydroxylamine groups is 2. The molecule has 6 nitrogen and oxygen atoms in total. The van der Waals surface area contributed by atoms with E-state index in [2.05, 4.69) is 0 Å². The highest BCUT2D eigenvalue weighted by Crippen LogP contribution is 1.99. The van der Waals surface area contributed by atoms with Gasteiger partial charge in [-0.15, -0.1) is 0 Å². The molecule has 98 valence electrons. The van der Waals surface area contributed by atoms with E-state index in [1.165, 1.54) is 5.23 Å². The monoisotopic (exact) mass is 237 g/mol. The number of rotatable bonds is 12. The van der Waals surface area contributed by atoms with Crippen LogP contribution >= 0.6 is 0 Å². The van der Waals surface area contributed by atoms with E-state index in [0.717, 1.165) is 6.42 Å². The molecule has 0 heterocycles. The van der Waals surface area contributed by atoms with Crippen LogP contribution in [0, 0.1) is 0 Å². The fraction of sp³-hybridized carbons (Fsp3) is 1.00. The maximum atomic E-state index is 8.64. The van der Waals surface area contributed by atoms with E-state index in [1.807, 2.05) is 0 Å². The third-order valence-corrected chi connectivity index (χ3v) is 1.82. The Bertz CT molecular complexity index is 113. The smallest absolute Gasteiger partial charge is 0.0733 e. The Hall–Kier alpha value is -0.240. The van der Waals surface area contributed by atoms with Crippen LogP contribution in [0.4, 0.5) is 0 Å². The van der Waals surface area contributed by atoms with Gasteiger partial charge in [0, 0.05) is 19.8 Å². The van der Waals surface area contributed by atoms with Crippen LogP contribution < -0.4 is 0 Å². The molecule has 0 aliphatic carbocycles. The molecule has 0 fully saturated rings. The van der Waals surface area contributed by atoms with Crippen LogP contribution in [0.25, 0.3) is 0 Å². The van der Waals surface area contributed by atoms with Gasteiger partial charge in [-0.2, -0.15) is 0 Å². The van der Waals surface area contributed by atoms with Crippen molar-refractivity contribution in [1.82, 2.24) is 5.23 Å². The fourth-order valence-electron chi connectivity index (χ4n) is 0.981. The highest BCUT2D eigenvalue weighted by molar-refractivity contribution is 4.40. The Balaban J connectivity index is 3.58. The van der Waals surface area contributed by atoms with E-state index in [9.17, 15) is 0 Å². The van der Waals surface area contributed by atoms with Crippen molar-refractivity contribution in [2.75, 3.05) is 39.6 Å². The predicted molar refractivity (Wildman–Crippen MR) is 58.3 cm³/mol. The van der Waals surface area contributed by atoms with E-state index in [4.69, 9.17) is 25.0 Å². The maximum Gasteiger partial charge on any atom is 0.0733 e. The first-order valence-corrected chi connectivity index (χ1v) is 5.71. The molecular weight excluding hydrogens is 214 g/mol. The third kappa shape index (κ3) is 10.3. The first kappa shape index (κ1) is 15.8. The molecule has 0 atom stereocenters. The Morgan fingerprint density at radius 3 is 1.62 bits per heavy atom. The molecule has 6 heteroatoms. The van der Waals surface area contributed by atoms with E-state index < -0.39 is 0 Å². The Morgan fingerprint density at radius 2 is 1.19 bits per heavy atom. The van der Waals surface area contributed by atoms with Gasteiger partial charge in [-0.05, 0) is 25.7 Å². The predicted octanol–water partition coefficient (Wildman–Crippen LogP) is -0.311. The molecule has 0 aliphatic rings. The van der Waals surface area contributed by atoms with Crippen molar-refractivity contribution in [3.05, 3.63) is 0 Å². The van der Waals surface area contributed by atoms with E-state index in [0.29, 0.717) is 39.0 Å². The van der Waals surface area contributed by atoms with Crippen LogP contribution in [0.2, 0.25) is 0 Å². The number of aliphatic hydroxyl groups is 3. The van der Waals surface area contributed by atoms with Gasteiger partial charge in [0.1, 0.15) is 0 Å². The molecule has 0 aromatic carbocycles. The summed E-state index contributed by atoms with van der Waals surface area (Å²) >= 11 is 0. The second-order valence-electron chi connectivity index (χ2n) is 3.31. The largest absolute Gasteiger partial charge is 0.396 e. The Labute approximate surface area is 96.3 Å². The van der Waals surface area contributed by atoms with E-state index in [1.54, 1.807) is 0 Å². The summed E-state index contributed by atoms with van der Waals surface area (Å²) in [6.07, 6.45) is 2.58. The molecule has 0 aliphatic heterocycles. The van der Waals surface area contributed by atoms with Crippen molar-refractivity contribution in [2.45, 2.75) is 25.7 Å². The van der Waals surface area contributed by atoms with Gasteiger partial charge < -0.3 is 15.3 Å². The van der Waals surface area contributed by atoms with Crippen molar-refractivity contribution >= 4 is 0 Å². The minimum Gasteiger partial charge on any atom is -0.396 e. The molecule has 3 N–H and O–H groups in total. The number of hydrogen-bond acceptors (Lipinski definition) is 6. The molecule has 0 unspecified atom stereocenters. The molecule has 0 amide bonds. The second-order valence-corrected chi connectivity index (χ2v) is 3.31. The Morgan fingerprint density at radius 1 is 0.688 bits per heavy atom. The van der Waals surface area contributed by atoms with Crippen LogP contribution in [0.1, 0.15) is 25.7 Å². The SMILES string of the molecule is OCCCCN(OCCCO)OCCCO. The normalized spacial score (nSPS) is 11.2. The van der Waals surface area contributed by atoms with E-state index >= 15 is 0 Å². The molecule has 0 bridgehead atoms. The first-order valence-electron chi connectivity index (χ1n) is 5.71. The van der Waals surface area contributed by atoms with Crippen molar-refractivity contribution in [3.63, 3.8) is 0 Å². The molecule has 0 rings (SSSR count). The number of unbranched alkanes of at least 4 members (excludes halogenated alkanes) is 1. The minimum absolute atomic E-state index is 0.0844. The highest BCUT2D eigenvalue weighted by atomic mass is 16.9. The van der Waals surface area contributed by atoms with Crippen LogP contribution in [0.15, 0.2) is 0 Å². The first-order chi connectivity index (χ1) is 7.85. The van der Waals surface area contributed by atoms with Gasteiger partial charge in [0.05, 0.1) is 19.8 Å². The van der Waals surface area contributed by atoms with Gasteiger partial charge in [-0.1, -0.05) is 5.23 Å². The van der Waals surface area contributed by atoms with Crippen LogP contribution in [-0.2, 0) is 9.68 Å². The standard InChI is InChI=1S/C10H23NO5/c12-6-2-1-5-11(15-9-3-7-13)16-10-4-8-14/h12-14H,1-10H2. The van der Waals surface area contributed by atoms with Crippen LogP contribution in [-0.4, -0.2) is 60.1 Å². The van der Waals surface area contributed by atoms with Gasteiger partial charge in [0.2, 0.25) is 0 Å². The molecule has 0 radical (unpaired) electrons. The van der Waals surface area contributed by atoms with Gasteiger partial charge >= 0.3 is 0 Å². The molecule has 16 heavy (non-hydrogen) atoms. The van der Waals surface area contributed by atoms with Gasteiger partial charge in [0.15, 0.2) is 0 Å². The molecule has 0 spiro atoms. The van der Waals surface area contributed by atoms with Crippen molar-refractivity contribution in [3.8, 4) is 0 Å². The lowest BCUT2D eigenvalue weighted by Crippen LogP contribution is -2.27. The molecular formula is C10H23NO5. The molecule has 0 aromatic heterocycles. The molecule has 0 saturated heterocycles. The van der Waals surface area contributed by atoms with Crippen molar-refractivity contribution in [1.29, 1.82) is 0 Å². The lowest BCUT2D eigenvalue weighted by atomic mass is 10.3. The average molecular weight is 237 g/mol. The summed E-state index contributed by atoms with van der Waals surface area (Å²) in [6.45, 7) is 1.68. The minimum atomic E-state index is 0.0844. The molecule has 0 saturated carbocycles. The Kier molecular flexibility index (Phi) is 12.6. The summed E-state index contributed by atoms with van der Waals surface area (Å²) in [5.41, 5.74) is 0. The topological polar surface area (TPSA) is 82.4 Å². The number of aliphatic hydroxyl groups excluding tert-OH is 3. The van der Waals surface area contributed by atoms with Gasteiger partial charge in [0.25, 0.3) is 0 Å². The zero-order chi connectivity index (χ0) is 12.1. The number of nitrogens with zero attached hydrogens (tertiary/aromatic N) is 1. The highest BCUT2D eigenvalue weighted by Gasteiger charge is 2.05. The second kappa shape index (κ2) is 12.8. The van der Waals surface area contributed by atoms with E-state index in [-0.39, 0.29) is 19.8 Å². The number of hydrogen-bond donors (Lipinski definition) is 3. The van der Waals surface area contributed by atoms with Crippen molar-refractivity contribution in [2.24, 2.45) is 0 Å². The van der Waals surface area contributed by atoms with Gasteiger partial charge in [-0.25, -0.2) is 0 Å². The zero-order valence-corrected chi connectivity index (χ0v) is 9.68.